The second kappa shape index (κ2) is 14.9. The van der Waals surface area contributed by atoms with Crippen LogP contribution in [-0.2, 0) is 4.79 Å². The van der Waals surface area contributed by atoms with Crippen LogP contribution in [0, 0.1) is 5.92 Å². The number of amides is 1. The van der Waals surface area contributed by atoms with Gasteiger partial charge in [0.25, 0.3) is 0 Å². The zero-order valence-electron chi connectivity index (χ0n) is 14.9. The van der Waals surface area contributed by atoms with E-state index in [1.807, 2.05) is 0 Å². The Morgan fingerprint density at radius 3 is 1.78 bits per heavy atom. The number of nitrogens with one attached hydrogen (secondary N) is 1. The van der Waals surface area contributed by atoms with Gasteiger partial charge in [-0.15, -0.1) is 0 Å². The number of carbonyl (C=O) groups is 1. The molecule has 0 spiro atoms. The zero-order chi connectivity index (χ0) is 17.5. The molecule has 0 heterocycles. The lowest BCUT2D eigenvalue weighted by molar-refractivity contribution is -0.112. The molecule has 23 heavy (non-hydrogen) atoms. The molecule has 0 aromatic rings. The molecule has 0 aliphatic heterocycles. The van der Waals surface area contributed by atoms with Gasteiger partial charge in [-0.1, -0.05) is 71.6 Å². The van der Waals surface area contributed by atoms with Gasteiger partial charge in [-0.3, -0.25) is 4.79 Å². The number of aliphatic hydroxyl groups is 3. The molecule has 0 saturated carbocycles. The summed E-state index contributed by atoms with van der Waals surface area (Å²) in [7, 11) is 0. The highest BCUT2D eigenvalue weighted by molar-refractivity contribution is 5.46. The van der Waals surface area contributed by atoms with Crippen molar-refractivity contribution in [3.8, 4) is 0 Å². The molecule has 0 aromatic heterocycles. The summed E-state index contributed by atoms with van der Waals surface area (Å²) in [6, 6.07) is -0.798. The van der Waals surface area contributed by atoms with Gasteiger partial charge in [0.1, 0.15) is 6.10 Å². The van der Waals surface area contributed by atoms with Crippen LogP contribution < -0.4 is 5.32 Å². The Labute approximate surface area is 141 Å². The summed E-state index contributed by atoms with van der Waals surface area (Å²) in [6.07, 6.45) is 9.75. The lowest BCUT2D eigenvalue weighted by atomic mass is 9.99. The van der Waals surface area contributed by atoms with Gasteiger partial charge >= 0.3 is 0 Å². The molecule has 5 heteroatoms. The molecule has 0 radical (unpaired) electrons. The van der Waals surface area contributed by atoms with E-state index in [2.05, 4.69) is 19.2 Å². The number of carbonyl (C=O) groups excluding carboxylic acids is 1. The van der Waals surface area contributed by atoms with Gasteiger partial charge in [-0.2, -0.15) is 0 Å². The number of hydrogen-bond acceptors (Lipinski definition) is 4. The van der Waals surface area contributed by atoms with Crippen molar-refractivity contribution in [1.29, 1.82) is 0 Å². The SMILES string of the molecule is CC(C)CCCCCCCCCC[C@@H](O)[C@@H](O)[C@H](CO)NC=O. The quantitative estimate of drug-likeness (QED) is 0.258. The maximum absolute atomic E-state index is 10.3. The Bertz CT molecular complexity index is 274. The van der Waals surface area contributed by atoms with Gasteiger partial charge < -0.3 is 20.6 Å². The van der Waals surface area contributed by atoms with Crippen molar-refractivity contribution in [3.05, 3.63) is 0 Å². The minimum absolute atomic E-state index is 0.381. The summed E-state index contributed by atoms with van der Waals surface area (Å²) in [5.41, 5.74) is 0. The Kier molecular flexibility index (Phi) is 14.5. The molecule has 0 bridgehead atoms. The number of aliphatic hydroxyl groups excluding tert-OH is 3. The summed E-state index contributed by atoms with van der Waals surface area (Å²) in [5, 5.41) is 31.1. The lowest BCUT2D eigenvalue weighted by Gasteiger charge is -2.24. The van der Waals surface area contributed by atoms with Crippen molar-refractivity contribution in [2.75, 3.05) is 6.61 Å². The van der Waals surface area contributed by atoms with Crippen molar-refractivity contribution in [3.63, 3.8) is 0 Å². The van der Waals surface area contributed by atoms with Crippen LogP contribution in [-0.4, -0.2) is 46.6 Å². The Morgan fingerprint density at radius 1 is 0.870 bits per heavy atom. The van der Waals surface area contributed by atoms with Crippen LogP contribution in [0.1, 0.15) is 78.1 Å². The predicted molar refractivity (Wildman–Crippen MR) is 93.1 cm³/mol. The Hall–Kier alpha value is -0.650. The van der Waals surface area contributed by atoms with E-state index in [1.54, 1.807) is 0 Å². The van der Waals surface area contributed by atoms with Crippen LogP contribution in [0.5, 0.6) is 0 Å². The molecular weight excluding hydrogens is 294 g/mol. The van der Waals surface area contributed by atoms with Gasteiger partial charge in [0.2, 0.25) is 6.41 Å². The second-order valence-electron chi connectivity index (χ2n) is 6.93. The molecule has 5 nitrogen and oxygen atoms in total. The second-order valence-corrected chi connectivity index (χ2v) is 6.93. The van der Waals surface area contributed by atoms with Crippen LogP contribution in [0.15, 0.2) is 0 Å². The first-order chi connectivity index (χ1) is 11.0. The summed E-state index contributed by atoms with van der Waals surface area (Å²) in [4.78, 5) is 10.3. The average molecular weight is 331 g/mol. The van der Waals surface area contributed by atoms with E-state index < -0.39 is 18.2 Å². The van der Waals surface area contributed by atoms with Crippen LogP contribution in [0.3, 0.4) is 0 Å². The molecule has 1 amide bonds. The third kappa shape index (κ3) is 12.4. The van der Waals surface area contributed by atoms with Gasteiger partial charge in [0.05, 0.1) is 18.8 Å². The molecule has 0 aliphatic carbocycles. The Morgan fingerprint density at radius 2 is 1.35 bits per heavy atom. The average Bonchev–Trinajstić information content (AvgIpc) is 2.53. The summed E-state index contributed by atoms with van der Waals surface area (Å²) in [6.45, 7) is 4.15. The largest absolute Gasteiger partial charge is 0.394 e. The van der Waals surface area contributed by atoms with Crippen molar-refractivity contribution in [2.24, 2.45) is 5.92 Å². The molecule has 0 aliphatic rings. The first-order valence-electron chi connectivity index (χ1n) is 9.19. The van der Waals surface area contributed by atoms with Gasteiger partial charge in [0, 0.05) is 0 Å². The zero-order valence-corrected chi connectivity index (χ0v) is 14.9. The summed E-state index contributed by atoms with van der Waals surface area (Å²) in [5.74, 6) is 0.809. The highest BCUT2D eigenvalue weighted by Crippen LogP contribution is 2.14. The fraction of sp³-hybridized carbons (Fsp3) is 0.944. The van der Waals surface area contributed by atoms with E-state index in [0.717, 1.165) is 25.2 Å². The van der Waals surface area contributed by atoms with E-state index in [4.69, 9.17) is 5.11 Å². The molecular formula is C18H37NO4. The van der Waals surface area contributed by atoms with E-state index in [0.29, 0.717) is 12.8 Å². The molecule has 0 rings (SSSR count). The van der Waals surface area contributed by atoms with Crippen molar-refractivity contribution in [2.45, 2.75) is 96.3 Å². The monoisotopic (exact) mass is 331 g/mol. The van der Waals surface area contributed by atoms with E-state index in [1.165, 1.54) is 38.5 Å². The first kappa shape index (κ1) is 22.4. The van der Waals surface area contributed by atoms with Crippen molar-refractivity contribution >= 4 is 6.41 Å². The predicted octanol–water partition coefficient (Wildman–Crippen LogP) is 2.37. The van der Waals surface area contributed by atoms with E-state index in [9.17, 15) is 15.0 Å². The van der Waals surface area contributed by atoms with Crippen molar-refractivity contribution < 1.29 is 20.1 Å². The van der Waals surface area contributed by atoms with Gasteiger partial charge in [-0.25, -0.2) is 0 Å². The molecule has 0 unspecified atom stereocenters. The third-order valence-electron chi connectivity index (χ3n) is 4.32. The number of hydrogen-bond donors (Lipinski definition) is 4. The maximum atomic E-state index is 10.3. The standard InChI is InChI=1S/C18H37NO4/c1-15(2)11-9-7-5-3-4-6-8-10-12-17(22)18(23)16(13-20)19-14-21/h14-18,20,22-23H,3-13H2,1-2H3,(H,19,21)/t16-,17+,18-/m0/s1. The molecule has 0 aromatic carbocycles. The first-order valence-corrected chi connectivity index (χ1v) is 9.19. The molecule has 4 N–H and O–H groups in total. The molecule has 0 fully saturated rings. The molecule has 138 valence electrons. The minimum atomic E-state index is -1.12. The van der Waals surface area contributed by atoms with E-state index in [-0.39, 0.29) is 6.61 Å². The van der Waals surface area contributed by atoms with Crippen LogP contribution >= 0.6 is 0 Å². The number of rotatable bonds is 16. The summed E-state index contributed by atoms with van der Waals surface area (Å²) < 4.78 is 0. The Balaban J connectivity index is 3.51. The molecule has 3 atom stereocenters. The van der Waals surface area contributed by atoms with Crippen LogP contribution in [0.2, 0.25) is 0 Å². The van der Waals surface area contributed by atoms with Crippen molar-refractivity contribution in [1.82, 2.24) is 5.32 Å². The smallest absolute Gasteiger partial charge is 0.207 e. The lowest BCUT2D eigenvalue weighted by Crippen LogP contribution is -2.48. The van der Waals surface area contributed by atoms with E-state index >= 15 is 0 Å². The third-order valence-corrected chi connectivity index (χ3v) is 4.32. The topological polar surface area (TPSA) is 89.8 Å². The normalized spacial score (nSPS) is 15.4. The molecule has 0 saturated heterocycles. The highest BCUT2D eigenvalue weighted by atomic mass is 16.3. The van der Waals surface area contributed by atoms with Crippen LogP contribution in [0.4, 0.5) is 0 Å². The van der Waals surface area contributed by atoms with Gasteiger partial charge in [0.15, 0.2) is 0 Å². The maximum Gasteiger partial charge on any atom is 0.207 e. The number of unbranched alkanes of at least 4 members (excludes halogenated alkanes) is 7. The highest BCUT2D eigenvalue weighted by Gasteiger charge is 2.24. The summed E-state index contributed by atoms with van der Waals surface area (Å²) >= 11 is 0. The fourth-order valence-electron chi connectivity index (χ4n) is 2.75. The van der Waals surface area contributed by atoms with Crippen LogP contribution in [0.25, 0.3) is 0 Å². The van der Waals surface area contributed by atoms with Gasteiger partial charge in [-0.05, 0) is 12.3 Å². The minimum Gasteiger partial charge on any atom is -0.394 e. The fourth-order valence-corrected chi connectivity index (χ4v) is 2.75.